The molecule has 0 fully saturated rings. The average Bonchev–Trinajstić information content (AvgIpc) is 2.64. The fourth-order valence-electron chi connectivity index (χ4n) is 3.79. The van der Waals surface area contributed by atoms with Crippen LogP contribution in [-0.2, 0) is 0 Å². The summed E-state index contributed by atoms with van der Waals surface area (Å²) < 4.78 is 1.18. The van der Waals surface area contributed by atoms with Crippen LogP contribution in [-0.4, -0.2) is 24.6 Å². The summed E-state index contributed by atoms with van der Waals surface area (Å²) in [6, 6.07) is 0. The Morgan fingerprint density at radius 3 is 1.35 bits per heavy atom. The highest BCUT2D eigenvalue weighted by Crippen LogP contribution is 2.15. The van der Waals surface area contributed by atoms with Gasteiger partial charge in [0.1, 0.15) is 0 Å². The second-order valence-corrected chi connectivity index (χ2v) is 8.70. The molecule has 0 N–H and O–H groups in total. The predicted octanol–water partition coefficient (Wildman–Crippen LogP) is 8.64. The molecule has 1 nitrogen and oxygen atoms in total. The molecule has 0 aromatic carbocycles. The van der Waals surface area contributed by atoms with Crippen molar-refractivity contribution >= 4 is 0 Å². The van der Waals surface area contributed by atoms with Crippen LogP contribution in [0.5, 0.6) is 0 Å². The van der Waals surface area contributed by atoms with Gasteiger partial charge in [0.25, 0.3) is 0 Å². The van der Waals surface area contributed by atoms with Crippen LogP contribution in [0, 0.1) is 0 Å². The first-order valence-corrected chi connectivity index (χ1v) is 12.2. The average molecular weight is 367 g/mol. The molecule has 0 saturated heterocycles. The SMILES string of the molecule is CCCCCCC=C[N+](C)(CCCCCCCC)CCCCCCCC. The van der Waals surface area contributed by atoms with Crippen molar-refractivity contribution in [1.29, 1.82) is 0 Å². The van der Waals surface area contributed by atoms with Gasteiger partial charge < -0.3 is 0 Å². The minimum Gasteiger partial charge on any atom is -0.300 e. The highest BCUT2D eigenvalue weighted by molar-refractivity contribution is 4.74. The molecule has 0 spiro atoms. The fraction of sp³-hybridized carbons (Fsp3) is 0.920. The van der Waals surface area contributed by atoms with E-state index in [0.717, 1.165) is 0 Å². The van der Waals surface area contributed by atoms with E-state index in [1.165, 1.54) is 127 Å². The predicted molar refractivity (Wildman–Crippen MR) is 121 cm³/mol. The van der Waals surface area contributed by atoms with Crippen LogP contribution in [0.4, 0.5) is 0 Å². The van der Waals surface area contributed by atoms with Crippen molar-refractivity contribution in [3.05, 3.63) is 12.3 Å². The molecule has 0 saturated carbocycles. The molecule has 0 atom stereocenters. The van der Waals surface area contributed by atoms with Crippen molar-refractivity contribution < 1.29 is 4.48 Å². The topological polar surface area (TPSA) is 0 Å². The van der Waals surface area contributed by atoms with Crippen LogP contribution >= 0.6 is 0 Å². The summed E-state index contributed by atoms with van der Waals surface area (Å²) in [5, 5.41) is 0. The van der Waals surface area contributed by atoms with Gasteiger partial charge in [-0.05, 0) is 44.6 Å². The van der Waals surface area contributed by atoms with Gasteiger partial charge in [-0.25, -0.2) is 0 Å². The highest BCUT2D eigenvalue weighted by atomic mass is 15.3. The fourth-order valence-corrected chi connectivity index (χ4v) is 3.79. The Morgan fingerprint density at radius 1 is 0.500 bits per heavy atom. The molecule has 26 heavy (non-hydrogen) atoms. The molecule has 0 rings (SSSR count). The number of rotatable bonds is 20. The zero-order valence-electron chi connectivity index (χ0n) is 19.0. The molecule has 0 aliphatic rings. The summed E-state index contributed by atoms with van der Waals surface area (Å²) >= 11 is 0. The second-order valence-electron chi connectivity index (χ2n) is 8.70. The van der Waals surface area contributed by atoms with Gasteiger partial charge in [-0.2, -0.15) is 0 Å². The van der Waals surface area contributed by atoms with Gasteiger partial charge in [-0.3, -0.25) is 4.48 Å². The third-order valence-electron chi connectivity index (χ3n) is 5.73. The lowest BCUT2D eigenvalue weighted by atomic mass is 10.1. The maximum absolute atomic E-state index is 2.55. The first-order valence-electron chi connectivity index (χ1n) is 12.2. The van der Waals surface area contributed by atoms with Crippen molar-refractivity contribution in [3.8, 4) is 0 Å². The Kier molecular flexibility index (Phi) is 19.2. The van der Waals surface area contributed by atoms with Crippen LogP contribution < -0.4 is 0 Å². The molecular formula is C25H52N+. The maximum Gasteiger partial charge on any atom is 0.0915 e. The molecule has 0 heterocycles. The molecule has 0 radical (unpaired) electrons. The molecule has 0 amide bonds. The number of hydrogen-bond acceptors (Lipinski definition) is 0. The second kappa shape index (κ2) is 19.5. The Balaban J connectivity index is 4.16. The van der Waals surface area contributed by atoms with Gasteiger partial charge in [0.15, 0.2) is 0 Å². The summed E-state index contributed by atoms with van der Waals surface area (Å²) in [7, 11) is 2.47. The molecular weight excluding hydrogens is 314 g/mol. The molecule has 0 bridgehead atoms. The Morgan fingerprint density at radius 2 is 0.885 bits per heavy atom. The van der Waals surface area contributed by atoms with Gasteiger partial charge in [-0.15, -0.1) is 0 Å². The molecule has 0 aliphatic heterocycles. The monoisotopic (exact) mass is 366 g/mol. The Bertz CT molecular complexity index is 279. The third-order valence-corrected chi connectivity index (χ3v) is 5.73. The van der Waals surface area contributed by atoms with E-state index in [0.29, 0.717) is 0 Å². The molecule has 156 valence electrons. The molecule has 1 heteroatoms. The maximum atomic E-state index is 2.55. The lowest BCUT2D eigenvalue weighted by Crippen LogP contribution is -2.40. The number of nitrogens with zero attached hydrogens (tertiary/aromatic N) is 1. The zero-order valence-corrected chi connectivity index (χ0v) is 19.0. The van der Waals surface area contributed by atoms with Crippen LogP contribution in [0.25, 0.3) is 0 Å². The molecule has 0 aliphatic carbocycles. The van der Waals surface area contributed by atoms with Gasteiger partial charge in [0.05, 0.1) is 26.3 Å². The van der Waals surface area contributed by atoms with E-state index in [9.17, 15) is 0 Å². The summed E-state index contributed by atoms with van der Waals surface area (Å²) in [4.78, 5) is 0. The Labute approximate surface area is 167 Å². The minimum atomic E-state index is 1.18. The van der Waals surface area contributed by atoms with E-state index in [-0.39, 0.29) is 0 Å². The smallest absolute Gasteiger partial charge is 0.0915 e. The van der Waals surface area contributed by atoms with Gasteiger partial charge in [-0.1, -0.05) is 91.4 Å². The van der Waals surface area contributed by atoms with Crippen LogP contribution in [0.2, 0.25) is 0 Å². The molecule has 0 aromatic heterocycles. The van der Waals surface area contributed by atoms with Gasteiger partial charge in [0, 0.05) is 0 Å². The van der Waals surface area contributed by atoms with E-state index >= 15 is 0 Å². The first-order chi connectivity index (χ1) is 12.7. The van der Waals surface area contributed by atoms with Crippen molar-refractivity contribution in [2.24, 2.45) is 0 Å². The number of hydrogen-bond donors (Lipinski definition) is 0. The van der Waals surface area contributed by atoms with Crippen LogP contribution in [0.15, 0.2) is 12.3 Å². The number of allylic oxidation sites excluding steroid dienone is 1. The van der Waals surface area contributed by atoms with Gasteiger partial charge in [0.2, 0.25) is 0 Å². The van der Waals surface area contributed by atoms with Crippen molar-refractivity contribution in [2.45, 2.75) is 130 Å². The van der Waals surface area contributed by atoms with Gasteiger partial charge >= 0.3 is 0 Å². The van der Waals surface area contributed by atoms with Crippen molar-refractivity contribution in [2.75, 3.05) is 20.1 Å². The van der Waals surface area contributed by atoms with Crippen LogP contribution in [0.3, 0.4) is 0 Å². The zero-order chi connectivity index (χ0) is 19.3. The van der Waals surface area contributed by atoms with E-state index in [2.05, 4.69) is 40.1 Å². The summed E-state index contributed by atoms with van der Waals surface area (Å²) in [5.74, 6) is 0. The van der Waals surface area contributed by atoms with E-state index in [1.54, 1.807) is 0 Å². The molecule has 0 aromatic rings. The van der Waals surface area contributed by atoms with Crippen molar-refractivity contribution in [1.82, 2.24) is 0 Å². The lowest BCUT2D eigenvalue weighted by Gasteiger charge is -2.31. The molecule has 0 unspecified atom stereocenters. The third kappa shape index (κ3) is 17.1. The summed E-state index contributed by atoms with van der Waals surface area (Å²) in [6.45, 7) is 9.59. The van der Waals surface area contributed by atoms with Crippen molar-refractivity contribution in [3.63, 3.8) is 0 Å². The number of quaternary nitrogens is 1. The largest absolute Gasteiger partial charge is 0.300 e. The normalized spacial score (nSPS) is 12.3. The number of unbranched alkanes of at least 4 members (excludes halogenated alkanes) is 14. The standard InChI is InChI=1S/C25H52N/c1-5-8-11-14-17-20-23-26(4,24-21-18-15-12-9-6-2)25-22-19-16-13-10-7-3/h20,23H,5-19,21-22,24-25H2,1-4H3/q+1. The first kappa shape index (κ1) is 25.7. The van der Waals surface area contributed by atoms with E-state index in [1.807, 2.05) is 0 Å². The lowest BCUT2D eigenvalue weighted by molar-refractivity contribution is -0.860. The Hall–Kier alpha value is -0.300. The van der Waals surface area contributed by atoms with E-state index < -0.39 is 0 Å². The van der Waals surface area contributed by atoms with E-state index in [4.69, 9.17) is 0 Å². The highest BCUT2D eigenvalue weighted by Gasteiger charge is 2.17. The van der Waals surface area contributed by atoms with Crippen LogP contribution in [0.1, 0.15) is 130 Å². The summed E-state index contributed by atoms with van der Waals surface area (Å²) in [6.07, 6.45) is 28.8. The quantitative estimate of drug-likeness (QED) is 0.149. The minimum absolute atomic E-state index is 1.18. The summed E-state index contributed by atoms with van der Waals surface area (Å²) in [5.41, 5.74) is 0.